The number of ether oxygens (including phenoxy) is 3. The van der Waals surface area contributed by atoms with Crippen molar-refractivity contribution in [3.8, 4) is 11.5 Å². The van der Waals surface area contributed by atoms with E-state index >= 15 is 0 Å². The predicted molar refractivity (Wildman–Crippen MR) is 99.5 cm³/mol. The topological polar surface area (TPSA) is 95.2 Å². The normalized spacial score (nSPS) is 20.9. The Bertz CT molecular complexity index is 1100. The summed E-state index contributed by atoms with van der Waals surface area (Å²) in [7, 11) is 2.72. The zero-order valence-corrected chi connectivity index (χ0v) is 15.3. The number of hydrogen-bond donors (Lipinski definition) is 1. The lowest BCUT2D eigenvalue weighted by atomic mass is 9.83. The Hall–Kier alpha value is -3.32. The van der Waals surface area contributed by atoms with E-state index in [2.05, 4.69) is 0 Å². The van der Waals surface area contributed by atoms with Gasteiger partial charge >= 0.3 is 17.4 Å². The molecule has 7 heteroatoms. The number of aliphatic hydroxyl groups is 1. The van der Waals surface area contributed by atoms with Crippen molar-refractivity contribution in [1.29, 1.82) is 0 Å². The van der Waals surface area contributed by atoms with E-state index in [0.717, 1.165) is 0 Å². The van der Waals surface area contributed by atoms with Gasteiger partial charge in [0.25, 0.3) is 0 Å². The first-order valence-electron chi connectivity index (χ1n) is 8.66. The minimum atomic E-state index is -2.23. The number of benzene rings is 2. The predicted octanol–water partition coefficient (Wildman–Crippen LogP) is 2.58. The molecule has 1 aliphatic heterocycles. The van der Waals surface area contributed by atoms with Crippen molar-refractivity contribution in [3.63, 3.8) is 0 Å². The van der Waals surface area contributed by atoms with Crippen LogP contribution in [-0.4, -0.2) is 31.1 Å². The van der Waals surface area contributed by atoms with Crippen LogP contribution >= 0.6 is 0 Å². The first-order valence-corrected chi connectivity index (χ1v) is 8.66. The lowest BCUT2D eigenvalue weighted by Crippen LogP contribution is -2.50. The van der Waals surface area contributed by atoms with Gasteiger partial charge in [0, 0.05) is 12.3 Å². The molecule has 0 saturated carbocycles. The Morgan fingerprint density at radius 2 is 1.86 bits per heavy atom. The quantitative estimate of drug-likeness (QED) is 0.549. The molecular weight excluding hydrogens is 364 g/mol. The van der Waals surface area contributed by atoms with E-state index in [4.69, 9.17) is 18.6 Å². The molecule has 0 saturated heterocycles. The zero-order chi connectivity index (χ0) is 19.9. The molecule has 1 unspecified atom stereocenters. The smallest absolute Gasteiger partial charge is 0.379 e. The Labute approximate surface area is 160 Å². The average molecular weight is 382 g/mol. The highest BCUT2D eigenvalue weighted by atomic mass is 16.7. The van der Waals surface area contributed by atoms with Crippen LogP contribution in [0.15, 0.2) is 57.7 Å². The highest BCUT2D eigenvalue weighted by molar-refractivity contribution is 5.87. The summed E-state index contributed by atoms with van der Waals surface area (Å²) in [5.41, 5.74) is 0.669. The molecule has 2 atom stereocenters. The molecule has 0 radical (unpaired) electrons. The van der Waals surface area contributed by atoms with Gasteiger partial charge in [-0.3, -0.25) is 0 Å². The molecule has 3 aromatic rings. The molecule has 1 aromatic heterocycles. The highest BCUT2D eigenvalue weighted by Gasteiger charge is 2.49. The van der Waals surface area contributed by atoms with Crippen LogP contribution in [0.4, 0.5) is 0 Å². The van der Waals surface area contributed by atoms with Crippen LogP contribution < -0.4 is 15.1 Å². The maximum Gasteiger partial charge on any atom is 0.379 e. The fourth-order valence-corrected chi connectivity index (χ4v) is 3.54. The number of para-hydroxylation sites is 1. The van der Waals surface area contributed by atoms with Gasteiger partial charge in [-0.25, -0.2) is 9.59 Å². The molecule has 1 aliphatic rings. The molecule has 144 valence electrons. The molecule has 2 heterocycles. The van der Waals surface area contributed by atoms with Crippen LogP contribution in [0, 0.1) is 0 Å². The molecule has 0 spiro atoms. The molecule has 0 bridgehead atoms. The third-order valence-electron chi connectivity index (χ3n) is 4.92. The van der Waals surface area contributed by atoms with Crippen molar-refractivity contribution in [2.75, 3.05) is 14.2 Å². The summed E-state index contributed by atoms with van der Waals surface area (Å²) in [6.45, 7) is 0. The van der Waals surface area contributed by atoms with Crippen molar-refractivity contribution >= 4 is 16.9 Å². The van der Waals surface area contributed by atoms with Crippen LogP contribution in [0.2, 0.25) is 0 Å². The highest BCUT2D eigenvalue weighted by Crippen LogP contribution is 2.45. The van der Waals surface area contributed by atoms with E-state index in [1.54, 1.807) is 55.6 Å². The standard InChI is InChI=1S/C21H18O7/c1-25-13-9-7-12(8-10-13)15-11-21(24,20(23)26-2)28-18-14-5-3-4-6-16(14)27-19(22)17(15)18/h3-10,15,24H,11H2,1-2H3/t15-,21?/m1/s1. The third kappa shape index (κ3) is 2.80. The fraction of sp³-hybridized carbons (Fsp3) is 0.238. The van der Waals surface area contributed by atoms with E-state index < -0.39 is 23.3 Å². The van der Waals surface area contributed by atoms with Crippen LogP contribution in [0.25, 0.3) is 11.0 Å². The Kier molecular flexibility index (Phi) is 4.31. The Morgan fingerprint density at radius 1 is 1.14 bits per heavy atom. The number of methoxy groups -OCH3 is 2. The largest absolute Gasteiger partial charge is 0.497 e. The Morgan fingerprint density at radius 3 is 2.54 bits per heavy atom. The second kappa shape index (κ2) is 6.69. The molecule has 0 aliphatic carbocycles. The summed E-state index contributed by atoms with van der Waals surface area (Å²) in [4.78, 5) is 25.0. The molecule has 7 nitrogen and oxygen atoms in total. The SMILES string of the molecule is COC(=O)C1(O)C[C@H](c2ccc(OC)cc2)c2c(c3ccccc3oc2=O)O1. The van der Waals surface area contributed by atoms with Crippen molar-refractivity contribution in [1.82, 2.24) is 0 Å². The number of carbonyl (C=O) groups excluding carboxylic acids is 1. The second-order valence-electron chi connectivity index (χ2n) is 6.54. The second-order valence-corrected chi connectivity index (χ2v) is 6.54. The number of fused-ring (bicyclic) bond motifs is 3. The van der Waals surface area contributed by atoms with Gasteiger partial charge in [0.1, 0.15) is 17.1 Å². The summed E-state index contributed by atoms with van der Waals surface area (Å²) in [6, 6.07) is 13.8. The van der Waals surface area contributed by atoms with Gasteiger partial charge in [-0.2, -0.15) is 0 Å². The minimum Gasteiger partial charge on any atom is -0.497 e. The minimum absolute atomic E-state index is 0.117. The summed E-state index contributed by atoms with van der Waals surface area (Å²) in [5.74, 6) is -3.05. The van der Waals surface area contributed by atoms with Gasteiger partial charge in [-0.1, -0.05) is 24.3 Å². The molecule has 1 N–H and O–H groups in total. The summed E-state index contributed by atoms with van der Waals surface area (Å²) < 4.78 is 21.0. The third-order valence-corrected chi connectivity index (χ3v) is 4.92. The number of esters is 1. The summed E-state index contributed by atoms with van der Waals surface area (Å²) in [6.07, 6.45) is -0.192. The van der Waals surface area contributed by atoms with E-state index in [9.17, 15) is 14.7 Å². The van der Waals surface area contributed by atoms with Crippen molar-refractivity contribution < 1.29 is 28.5 Å². The first-order chi connectivity index (χ1) is 13.5. The van der Waals surface area contributed by atoms with E-state index in [-0.39, 0.29) is 17.7 Å². The van der Waals surface area contributed by atoms with Gasteiger partial charge in [0.15, 0.2) is 0 Å². The molecule has 28 heavy (non-hydrogen) atoms. The van der Waals surface area contributed by atoms with Crippen LogP contribution in [-0.2, 0) is 9.53 Å². The van der Waals surface area contributed by atoms with Gasteiger partial charge in [-0.05, 0) is 29.8 Å². The maximum absolute atomic E-state index is 12.8. The van der Waals surface area contributed by atoms with Gasteiger partial charge in [0.2, 0.25) is 0 Å². The van der Waals surface area contributed by atoms with Crippen molar-refractivity contribution in [3.05, 3.63) is 70.1 Å². The van der Waals surface area contributed by atoms with Crippen LogP contribution in [0.1, 0.15) is 23.5 Å². The van der Waals surface area contributed by atoms with Gasteiger partial charge in [-0.15, -0.1) is 0 Å². The molecule has 0 fully saturated rings. The summed E-state index contributed by atoms with van der Waals surface area (Å²) in [5, 5.41) is 11.4. The molecular formula is C21H18O7. The van der Waals surface area contributed by atoms with Crippen molar-refractivity contribution in [2.45, 2.75) is 18.1 Å². The molecule has 0 amide bonds. The fourth-order valence-electron chi connectivity index (χ4n) is 3.54. The zero-order valence-electron chi connectivity index (χ0n) is 15.3. The maximum atomic E-state index is 12.8. The molecule has 4 rings (SSSR count). The van der Waals surface area contributed by atoms with Gasteiger partial charge in [0.05, 0.1) is 25.2 Å². The van der Waals surface area contributed by atoms with Gasteiger partial charge < -0.3 is 23.7 Å². The Balaban J connectivity index is 1.97. The monoisotopic (exact) mass is 382 g/mol. The number of carbonyl (C=O) groups is 1. The van der Waals surface area contributed by atoms with E-state index in [0.29, 0.717) is 22.3 Å². The average Bonchev–Trinajstić information content (AvgIpc) is 2.72. The first kappa shape index (κ1) is 18.1. The molecule has 2 aromatic carbocycles. The lowest BCUT2D eigenvalue weighted by molar-refractivity contribution is -0.202. The number of hydrogen-bond acceptors (Lipinski definition) is 7. The lowest BCUT2D eigenvalue weighted by Gasteiger charge is -2.36. The van der Waals surface area contributed by atoms with E-state index in [1.165, 1.54) is 7.11 Å². The number of rotatable bonds is 3. The van der Waals surface area contributed by atoms with E-state index in [1.807, 2.05) is 0 Å². The van der Waals surface area contributed by atoms with Crippen molar-refractivity contribution in [2.24, 2.45) is 0 Å². The van der Waals surface area contributed by atoms with Crippen LogP contribution in [0.5, 0.6) is 11.5 Å². The van der Waals surface area contributed by atoms with Crippen LogP contribution in [0.3, 0.4) is 0 Å². The summed E-state index contributed by atoms with van der Waals surface area (Å²) >= 11 is 0.